The van der Waals surface area contributed by atoms with E-state index in [1.807, 2.05) is 18.2 Å². The van der Waals surface area contributed by atoms with Crippen LogP contribution in [0, 0.1) is 6.92 Å². The van der Waals surface area contributed by atoms with Gasteiger partial charge in [0.25, 0.3) is 5.91 Å². The third-order valence-corrected chi connectivity index (χ3v) is 5.90. The summed E-state index contributed by atoms with van der Waals surface area (Å²) in [6.45, 7) is 7.68. The van der Waals surface area contributed by atoms with Gasteiger partial charge in [-0.25, -0.2) is 4.98 Å². The van der Waals surface area contributed by atoms with Crippen molar-refractivity contribution in [2.45, 2.75) is 39.5 Å². The number of carbonyl (C=O) groups excluding carboxylic acids is 1. The molecule has 2 heterocycles. The Morgan fingerprint density at radius 1 is 1.20 bits per heavy atom. The summed E-state index contributed by atoms with van der Waals surface area (Å²) < 4.78 is 38.9. The van der Waals surface area contributed by atoms with Crippen molar-refractivity contribution in [1.29, 1.82) is 0 Å². The highest BCUT2D eigenvalue weighted by atomic mass is 32.1. The van der Waals surface area contributed by atoms with Crippen molar-refractivity contribution in [2.75, 3.05) is 13.1 Å². The average molecular weight is 436 g/mol. The second kappa shape index (κ2) is 9.14. The lowest BCUT2D eigenvalue weighted by molar-refractivity contribution is -0.141. The number of pyridine rings is 1. The zero-order chi connectivity index (χ0) is 21.9. The van der Waals surface area contributed by atoms with Crippen LogP contribution in [0.1, 0.15) is 40.3 Å². The predicted molar refractivity (Wildman–Crippen MR) is 114 cm³/mol. The monoisotopic (exact) mass is 435 g/mol. The van der Waals surface area contributed by atoms with Gasteiger partial charge in [0.05, 0.1) is 4.88 Å². The maximum atomic E-state index is 13.0. The van der Waals surface area contributed by atoms with Crippen molar-refractivity contribution in [3.63, 3.8) is 0 Å². The fraction of sp³-hybridized carbons (Fsp3) is 0.364. The summed E-state index contributed by atoms with van der Waals surface area (Å²) in [6, 6.07) is 13.0. The van der Waals surface area contributed by atoms with Crippen LogP contribution in [0.4, 0.5) is 13.2 Å². The first-order valence-electron chi connectivity index (χ1n) is 9.69. The van der Waals surface area contributed by atoms with Crippen LogP contribution in [0.3, 0.4) is 0 Å². The van der Waals surface area contributed by atoms with Gasteiger partial charge in [0, 0.05) is 31.1 Å². The van der Waals surface area contributed by atoms with Crippen molar-refractivity contribution in [3.8, 4) is 0 Å². The minimum atomic E-state index is -4.51. The summed E-state index contributed by atoms with van der Waals surface area (Å²) in [5.41, 5.74) is 0.718. The number of nitrogens with one attached hydrogen (secondary N) is 1. The Morgan fingerprint density at radius 2 is 1.90 bits per heavy atom. The highest BCUT2D eigenvalue weighted by molar-refractivity contribution is 7.20. The second-order valence-corrected chi connectivity index (χ2v) is 8.49. The second-order valence-electron chi connectivity index (χ2n) is 7.46. The molecule has 1 aromatic carbocycles. The molecule has 8 heteroatoms. The van der Waals surface area contributed by atoms with E-state index >= 15 is 0 Å². The number of aryl methyl sites for hydroxylation is 1. The Morgan fingerprint density at radius 3 is 2.53 bits per heavy atom. The van der Waals surface area contributed by atoms with Gasteiger partial charge >= 0.3 is 6.18 Å². The number of amides is 1. The summed E-state index contributed by atoms with van der Waals surface area (Å²) in [4.78, 5) is 19.1. The van der Waals surface area contributed by atoms with Gasteiger partial charge in [-0.15, -0.1) is 11.3 Å². The predicted octanol–water partition coefficient (Wildman–Crippen LogP) is 5.26. The van der Waals surface area contributed by atoms with E-state index in [4.69, 9.17) is 0 Å². The van der Waals surface area contributed by atoms with E-state index in [9.17, 15) is 18.0 Å². The fourth-order valence-electron chi connectivity index (χ4n) is 3.17. The molecule has 0 saturated heterocycles. The summed E-state index contributed by atoms with van der Waals surface area (Å²) >= 11 is 0.981. The lowest BCUT2D eigenvalue weighted by Crippen LogP contribution is -2.38. The molecule has 4 nitrogen and oxygen atoms in total. The van der Waals surface area contributed by atoms with Crippen LogP contribution >= 0.6 is 11.3 Å². The number of rotatable bonds is 7. The van der Waals surface area contributed by atoms with Crippen LogP contribution in [0.2, 0.25) is 0 Å². The van der Waals surface area contributed by atoms with E-state index in [1.54, 1.807) is 13.0 Å². The van der Waals surface area contributed by atoms with Crippen molar-refractivity contribution < 1.29 is 18.0 Å². The molecule has 30 heavy (non-hydrogen) atoms. The first kappa shape index (κ1) is 22.2. The quantitative estimate of drug-likeness (QED) is 0.550. The molecule has 0 fully saturated rings. The summed E-state index contributed by atoms with van der Waals surface area (Å²) in [7, 11) is 0. The molecular formula is C22H24F3N3OS. The Hall–Kier alpha value is -2.45. The Balaban J connectivity index is 1.65. The van der Waals surface area contributed by atoms with Gasteiger partial charge in [-0.3, -0.25) is 9.69 Å². The topological polar surface area (TPSA) is 45.2 Å². The van der Waals surface area contributed by atoms with Crippen molar-refractivity contribution >= 4 is 27.5 Å². The molecule has 1 N–H and O–H groups in total. The molecule has 0 radical (unpaired) electrons. The third kappa shape index (κ3) is 5.37. The van der Waals surface area contributed by atoms with E-state index in [0.29, 0.717) is 35.0 Å². The summed E-state index contributed by atoms with van der Waals surface area (Å²) in [5.74, 6) is -0.297. The largest absolute Gasteiger partial charge is 0.433 e. The molecule has 0 unspecified atom stereocenters. The Kier molecular flexibility index (Phi) is 6.77. The first-order valence-corrected chi connectivity index (χ1v) is 10.5. The number of carbonyl (C=O) groups is 1. The molecule has 0 bridgehead atoms. The van der Waals surface area contributed by atoms with Gasteiger partial charge < -0.3 is 5.32 Å². The van der Waals surface area contributed by atoms with Gasteiger partial charge in [-0.05, 0) is 44.0 Å². The van der Waals surface area contributed by atoms with E-state index in [0.717, 1.165) is 23.9 Å². The number of fused-ring (bicyclic) bond motifs is 1. The number of nitrogens with zero attached hydrogens (tertiary/aromatic N) is 2. The molecule has 0 atom stereocenters. The van der Waals surface area contributed by atoms with E-state index in [1.165, 1.54) is 5.56 Å². The Bertz CT molecular complexity index is 1020. The van der Waals surface area contributed by atoms with Gasteiger partial charge in [0.2, 0.25) is 0 Å². The SMILES string of the molecule is Cc1cc(C(F)(F)F)nc2sc(C(=O)NCCN(Cc3ccccc3)C(C)C)cc12. The smallest absolute Gasteiger partial charge is 0.350 e. The molecule has 3 aromatic rings. The number of benzene rings is 1. The fourth-order valence-corrected chi connectivity index (χ4v) is 4.19. The van der Waals surface area contributed by atoms with Crippen LogP contribution in [0.5, 0.6) is 0 Å². The molecule has 0 aliphatic rings. The number of hydrogen-bond donors (Lipinski definition) is 1. The zero-order valence-electron chi connectivity index (χ0n) is 17.1. The van der Waals surface area contributed by atoms with Crippen LogP contribution in [-0.2, 0) is 12.7 Å². The van der Waals surface area contributed by atoms with E-state index in [-0.39, 0.29) is 10.7 Å². The van der Waals surface area contributed by atoms with Gasteiger partial charge in [0.15, 0.2) is 0 Å². The van der Waals surface area contributed by atoms with Gasteiger partial charge in [0.1, 0.15) is 10.5 Å². The number of aromatic nitrogens is 1. The maximum absolute atomic E-state index is 13.0. The molecule has 0 spiro atoms. The number of hydrogen-bond acceptors (Lipinski definition) is 4. The molecule has 2 aromatic heterocycles. The lowest BCUT2D eigenvalue weighted by Gasteiger charge is -2.26. The van der Waals surface area contributed by atoms with Gasteiger partial charge in [-0.2, -0.15) is 13.2 Å². The van der Waals surface area contributed by atoms with Crippen LogP contribution in [0.25, 0.3) is 10.2 Å². The molecule has 0 aliphatic carbocycles. The van der Waals surface area contributed by atoms with Crippen LogP contribution in [-0.4, -0.2) is 34.9 Å². The van der Waals surface area contributed by atoms with Crippen LogP contribution < -0.4 is 5.32 Å². The molecule has 0 saturated carbocycles. The van der Waals surface area contributed by atoms with Crippen molar-refractivity contribution in [1.82, 2.24) is 15.2 Å². The number of alkyl halides is 3. The maximum Gasteiger partial charge on any atom is 0.433 e. The summed E-state index contributed by atoms with van der Waals surface area (Å²) in [6.07, 6.45) is -4.51. The van der Waals surface area contributed by atoms with Crippen LogP contribution in [0.15, 0.2) is 42.5 Å². The van der Waals surface area contributed by atoms with Crippen molar-refractivity contribution in [3.05, 3.63) is 64.2 Å². The summed E-state index contributed by atoms with van der Waals surface area (Å²) in [5, 5.41) is 3.45. The third-order valence-electron chi connectivity index (χ3n) is 4.87. The minimum absolute atomic E-state index is 0.223. The average Bonchev–Trinajstić information content (AvgIpc) is 3.12. The molecular weight excluding hydrogens is 411 g/mol. The van der Waals surface area contributed by atoms with E-state index in [2.05, 4.69) is 41.2 Å². The zero-order valence-corrected chi connectivity index (χ0v) is 17.9. The molecule has 0 aliphatic heterocycles. The number of thiophene rings is 1. The number of halogens is 3. The Labute approximate surface area is 177 Å². The highest BCUT2D eigenvalue weighted by Crippen LogP contribution is 2.33. The lowest BCUT2D eigenvalue weighted by atomic mass is 10.1. The normalized spacial score (nSPS) is 12.1. The standard InChI is InChI=1S/C22H24F3N3OS/c1-14(2)28(13-16-7-5-4-6-8-16)10-9-26-20(29)18-12-17-15(3)11-19(22(23,24)25)27-21(17)30-18/h4-8,11-12,14H,9-10,13H2,1-3H3,(H,26,29). The minimum Gasteiger partial charge on any atom is -0.350 e. The molecule has 1 amide bonds. The van der Waals surface area contributed by atoms with Gasteiger partial charge in [-0.1, -0.05) is 30.3 Å². The highest BCUT2D eigenvalue weighted by Gasteiger charge is 2.33. The van der Waals surface area contributed by atoms with E-state index < -0.39 is 11.9 Å². The molecule has 3 rings (SSSR count). The first-order chi connectivity index (χ1) is 14.1. The van der Waals surface area contributed by atoms with Crippen molar-refractivity contribution in [2.24, 2.45) is 0 Å². The molecule has 160 valence electrons.